The summed E-state index contributed by atoms with van der Waals surface area (Å²) in [5.74, 6) is 2.42. The van der Waals surface area contributed by atoms with Gasteiger partial charge in [-0.05, 0) is 91.7 Å². The number of benzene rings is 1. The molecule has 4 bridgehead atoms. The van der Waals surface area contributed by atoms with Crippen molar-refractivity contribution in [2.75, 3.05) is 20.3 Å². The molecular formula is C26H38N2O3. The lowest BCUT2D eigenvalue weighted by Crippen LogP contribution is -2.50. The molecule has 0 aromatic heterocycles. The van der Waals surface area contributed by atoms with Gasteiger partial charge in [-0.3, -0.25) is 9.59 Å². The van der Waals surface area contributed by atoms with Crippen LogP contribution in [0.3, 0.4) is 0 Å². The normalized spacial score (nSPS) is 29.7. The number of methoxy groups -OCH3 is 1. The highest BCUT2D eigenvalue weighted by Crippen LogP contribution is 2.60. The predicted molar refractivity (Wildman–Crippen MR) is 122 cm³/mol. The molecule has 4 aliphatic rings. The van der Waals surface area contributed by atoms with Crippen LogP contribution in [0.15, 0.2) is 24.3 Å². The maximum atomic E-state index is 12.9. The van der Waals surface area contributed by atoms with Gasteiger partial charge in [0.2, 0.25) is 5.91 Å². The van der Waals surface area contributed by atoms with E-state index in [0.29, 0.717) is 24.1 Å². The van der Waals surface area contributed by atoms with Gasteiger partial charge in [0.15, 0.2) is 0 Å². The molecule has 5 heteroatoms. The van der Waals surface area contributed by atoms with Crippen LogP contribution in [-0.2, 0) is 14.9 Å². The largest absolute Gasteiger partial charge is 0.385 e. The molecule has 0 radical (unpaired) electrons. The average molecular weight is 427 g/mol. The van der Waals surface area contributed by atoms with Crippen molar-refractivity contribution in [2.24, 2.45) is 23.7 Å². The van der Waals surface area contributed by atoms with Gasteiger partial charge in [0.05, 0.1) is 0 Å². The SMILES string of the molecule is COCCCNC(=O)[C@H](NC(=O)c1ccc(C23CC4CC(CC(C4)C2)C3)cc1)C(C)C. The van der Waals surface area contributed by atoms with Crippen LogP contribution in [0.25, 0.3) is 0 Å². The molecule has 2 amide bonds. The highest BCUT2D eigenvalue weighted by atomic mass is 16.5. The molecule has 0 heterocycles. The second kappa shape index (κ2) is 9.32. The van der Waals surface area contributed by atoms with Crippen molar-refractivity contribution in [3.05, 3.63) is 35.4 Å². The van der Waals surface area contributed by atoms with Gasteiger partial charge in [-0.15, -0.1) is 0 Å². The molecule has 0 aliphatic heterocycles. The zero-order valence-corrected chi connectivity index (χ0v) is 19.3. The molecular weight excluding hydrogens is 388 g/mol. The Kier molecular flexibility index (Phi) is 6.71. The topological polar surface area (TPSA) is 67.4 Å². The van der Waals surface area contributed by atoms with Gasteiger partial charge >= 0.3 is 0 Å². The smallest absolute Gasteiger partial charge is 0.251 e. The maximum absolute atomic E-state index is 12.9. The zero-order chi connectivity index (χ0) is 22.0. The fourth-order valence-electron chi connectivity index (χ4n) is 6.74. The number of carbonyl (C=O) groups excluding carboxylic acids is 2. The summed E-state index contributed by atoms with van der Waals surface area (Å²) in [4.78, 5) is 25.5. The Labute approximate surface area is 186 Å². The quantitative estimate of drug-likeness (QED) is 0.585. The Morgan fingerprint density at radius 2 is 1.61 bits per heavy atom. The molecule has 1 aromatic carbocycles. The number of hydrogen-bond acceptors (Lipinski definition) is 3. The molecule has 4 aliphatic carbocycles. The van der Waals surface area contributed by atoms with Crippen molar-refractivity contribution in [3.8, 4) is 0 Å². The Balaban J connectivity index is 1.39. The van der Waals surface area contributed by atoms with E-state index in [4.69, 9.17) is 4.74 Å². The lowest BCUT2D eigenvalue weighted by molar-refractivity contribution is -0.123. The molecule has 1 atom stereocenters. The van der Waals surface area contributed by atoms with E-state index in [0.717, 1.165) is 24.2 Å². The highest BCUT2D eigenvalue weighted by Gasteiger charge is 2.51. The predicted octanol–water partition coefficient (Wildman–Crippen LogP) is 4.06. The molecule has 0 unspecified atom stereocenters. The van der Waals surface area contributed by atoms with E-state index in [1.807, 2.05) is 26.0 Å². The molecule has 0 saturated heterocycles. The Morgan fingerprint density at radius 1 is 1.03 bits per heavy atom. The van der Waals surface area contributed by atoms with Gasteiger partial charge in [-0.2, -0.15) is 0 Å². The van der Waals surface area contributed by atoms with Gasteiger partial charge in [-0.25, -0.2) is 0 Å². The number of nitrogens with one attached hydrogen (secondary N) is 2. The minimum absolute atomic E-state index is 0.0117. The summed E-state index contributed by atoms with van der Waals surface area (Å²) in [6.45, 7) is 5.06. The molecule has 5 rings (SSSR count). The van der Waals surface area contributed by atoms with Crippen molar-refractivity contribution in [2.45, 2.75) is 70.3 Å². The third-order valence-electron chi connectivity index (χ3n) is 7.86. The number of ether oxygens (including phenoxy) is 1. The second-order valence-electron chi connectivity index (χ2n) is 10.6. The van der Waals surface area contributed by atoms with Crippen molar-refractivity contribution < 1.29 is 14.3 Å². The van der Waals surface area contributed by atoms with E-state index < -0.39 is 6.04 Å². The van der Waals surface area contributed by atoms with E-state index in [1.165, 1.54) is 44.1 Å². The van der Waals surface area contributed by atoms with E-state index in [2.05, 4.69) is 22.8 Å². The second-order valence-corrected chi connectivity index (χ2v) is 10.6. The Hall–Kier alpha value is -1.88. The van der Waals surface area contributed by atoms with Crippen LogP contribution in [0.2, 0.25) is 0 Å². The minimum Gasteiger partial charge on any atom is -0.385 e. The monoisotopic (exact) mass is 426 g/mol. The van der Waals surface area contributed by atoms with Gasteiger partial charge in [-0.1, -0.05) is 26.0 Å². The van der Waals surface area contributed by atoms with Crippen LogP contribution in [0.4, 0.5) is 0 Å². The number of hydrogen-bond donors (Lipinski definition) is 2. The lowest BCUT2D eigenvalue weighted by atomic mass is 9.48. The minimum atomic E-state index is -0.544. The first-order valence-corrected chi connectivity index (χ1v) is 12.1. The van der Waals surface area contributed by atoms with E-state index in [1.54, 1.807) is 7.11 Å². The lowest BCUT2D eigenvalue weighted by Gasteiger charge is -2.57. The van der Waals surface area contributed by atoms with Crippen LogP contribution in [0.1, 0.15) is 74.7 Å². The fourth-order valence-corrected chi connectivity index (χ4v) is 6.74. The van der Waals surface area contributed by atoms with Gasteiger partial charge in [0, 0.05) is 25.8 Å². The van der Waals surface area contributed by atoms with E-state index in [9.17, 15) is 9.59 Å². The summed E-state index contributed by atoms with van der Waals surface area (Å²) in [7, 11) is 1.65. The summed E-state index contributed by atoms with van der Waals surface area (Å²) in [6.07, 6.45) is 9.03. The number of amides is 2. The van der Waals surface area contributed by atoms with Crippen molar-refractivity contribution in [1.82, 2.24) is 10.6 Å². The molecule has 4 saturated carbocycles. The standard InChI is InChI=1S/C26H38N2O3/c1-17(2)23(25(30)27-9-4-10-31-3)28-24(29)21-5-7-22(8-6-21)26-14-18-11-19(15-26)13-20(12-18)16-26/h5-8,17-20,23H,4,9-16H2,1-3H3,(H,27,30)(H,28,29)/t18?,19?,20?,23-,26?/m1/s1. The first-order chi connectivity index (χ1) is 14.9. The third kappa shape index (κ3) is 4.82. The fraction of sp³-hybridized carbons (Fsp3) is 0.692. The number of carbonyl (C=O) groups is 2. The van der Waals surface area contributed by atoms with Crippen LogP contribution in [0, 0.1) is 23.7 Å². The maximum Gasteiger partial charge on any atom is 0.251 e. The van der Waals surface area contributed by atoms with Gasteiger partial charge in [0.25, 0.3) is 5.91 Å². The first kappa shape index (κ1) is 22.3. The first-order valence-electron chi connectivity index (χ1n) is 12.1. The van der Waals surface area contributed by atoms with Crippen molar-refractivity contribution >= 4 is 11.8 Å². The van der Waals surface area contributed by atoms with Gasteiger partial charge in [0.1, 0.15) is 6.04 Å². The van der Waals surface area contributed by atoms with Gasteiger partial charge < -0.3 is 15.4 Å². The molecule has 31 heavy (non-hydrogen) atoms. The summed E-state index contributed by atoms with van der Waals surface area (Å²) in [5.41, 5.74) is 2.39. The summed E-state index contributed by atoms with van der Waals surface area (Å²) < 4.78 is 5.02. The molecule has 4 fully saturated rings. The summed E-state index contributed by atoms with van der Waals surface area (Å²) in [5, 5.41) is 5.85. The van der Waals surface area contributed by atoms with Crippen LogP contribution >= 0.6 is 0 Å². The van der Waals surface area contributed by atoms with Crippen molar-refractivity contribution in [3.63, 3.8) is 0 Å². The average Bonchev–Trinajstić information content (AvgIpc) is 2.73. The van der Waals surface area contributed by atoms with E-state index >= 15 is 0 Å². The highest BCUT2D eigenvalue weighted by molar-refractivity contribution is 5.97. The van der Waals surface area contributed by atoms with Crippen molar-refractivity contribution in [1.29, 1.82) is 0 Å². The number of rotatable bonds is 9. The molecule has 5 nitrogen and oxygen atoms in total. The van der Waals surface area contributed by atoms with Crippen LogP contribution in [-0.4, -0.2) is 38.1 Å². The zero-order valence-electron chi connectivity index (χ0n) is 19.3. The summed E-state index contributed by atoms with van der Waals surface area (Å²) in [6, 6.07) is 7.72. The molecule has 1 aromatic rings. The summed E-state index contributed by atoms with van der Waals surface area (Å²) >= 11 is 0. The third-order valence-corrected chi connectivity index (χ3v) is 7.86. The molecule has 2 N–H and O–H groups in total. The van der Waals surface area contributed by atoms with Crippen LogP contribution < -0.4 is 10.6 Å². The van der Waals surface area contributed by atoms with E-state index in [-0.39, 0.29) is 17.7 Å². The molecule has 170 valence electrons. The van der Waals surface area contributed by atoms with Crippen LogP contribution in [0.5, 0.6) is 0 Å². The molecule has 0 spiro atoms. The Morgan fingerprint density at radius 3 is 2.13 bits per heavy atom. The Bertz CT molecular complexity index is 751.